The minimum absolute atomic E-state index is 0.375. The molecule has 0 radical (unpaired) electrons. The highest BCUT2D eigenvalue weighted by molar-refractivity contribution is 5.92. The van der Waals surface area contributed by atoms with Gasteiger partial charge in [-0.3, -0.25) is 9.69 Å². The van der Waals surface area contributed by atoms with Crippen molar-refractivity contribution in [2.24, 2.45) is 5.73 Å². The second-order valence-electron chi connectivity index (χ2n) is 6.92. The van der Waals surface area contributed by atoms with Crippen LogP contribution in [0.15, 0.2) is 36.7 Å². The molecular weight excluding hydrogens is 300 g/mol. The first-order valence-electron chi connectivity index (χ1n) is 8.68. The number of amides is 1. The van der Waals surface area contributed by atoms with Gasteiger partial charge < -0.3 is 10.3 Å². The SMILES string of the molecule is CC(C)n1ccnc1[C@H]1CCCN(Cc2ccc(C(N)=O)cc2)C1. The average Bonchev–Trinajstić information content (AvgIpc) is 3.05. The Kier molecular flexibility index (Phi) is 5.00. The molecule has 1 aliphatic rings. The van der Waals surface area contributed by atoms with Crippen LogP contribution in [0, 0.1) is 0 Å². The van der Waals surface area contributed by atoms with Crippen molar-refractivity contribution < 1.29 is 4.79 Å². The topological polar surface area (TPSA) is 64.2 Å². The molecule has 1 aromatic carbocycles. The van der Waals surface area contributed by atoms with Gasteiger partial charge in [-0.15, -0.1) is 0 Å². The van der Waals surface area contributed by atoms with Gasteiger partial charge in [0.05, 0.1) is 0 Å². The summed E-state index contributed by atoms with van der Waals surface area (Å²) in [5, 5.41) is 0. The van der Waals surface area contributed by atoms with Crippen molar-refractivity contribution in [2.45, 2.75) is 45.2 Å². The van der Waals surface area contributed by atoms with E-state index in [0.717, 1.165) is 19.6 Å². The lowest BCUT2D eigenvalue weighted by Crippen LogP contribution is -2.35. The van der Waals surface area contributed by atoms with Crippen molar-refractivity contribution >= 4 is 5.91 Å². The Hall–Kier alpha value is -2.14. The summed E-state index contributed by atoms with van der Waals surface area (Å²) in [5.74, 6) is 1.32. The number of likely N-dealkylation sites (tertiary alicyclic amines) is 1. The highest BCUT2D eigenvalue weighted by Gasteiger charge is 2.25. The van der Waals surface area contributed by atoms with E-state index in [1.165, 1.54) is 24.2 Å². The van der Waals surface area contributed by atoms with E-state index in [1.54, 1.807) is 0 Å². The molecule has 0 unspecified atom stereocenters. The first-order chi connectivity index (χ1) is 11.5. The van der Waals surface area contributed by atoms with Crippen LogP contribution in [0.4, 0.5) is 0 Å². The summed E-state index contributed by atoms with van der Waals surface area (Å²) in [7, 11) is 0. The third-order valence-electron chi connectivity index (χ3n) is 4.77. The standard InChI is InChI=1S/C19H26N4O/c1-14(2)23-11-9-21-19(23)17-4-3-10-22(13-17)12-15-5-7-16(8-6-15)18(20)24/h5-9,11,14,17H,3-4,10,12-13H2,1-2H3,(H2,20,24)/t17-/m0/s1. The predicted molar refractivity (Wildman–Crippen MR) is 94.8 cm³/mol. The number of piperidine rings is 1. The summed E-state index contributed by atoms with van der Waals surface area (Å²) >= 11 is 0. The Morgan fingerprint density at radius 3 is 2.75 bits per heavy atom. The number of primary amides is 1. The van der Waals surface area contributed by atoms with Crippen molar-refractivity contribution in [3.63, 3.8) is 0 Å². The molecule has 2 N–H and O–H groups in total. The lowest BCUT2D eigenvalue weighted by molar-refractivity contribution is 0.100. The Morgan fingerprint density at radius 2 is 2.08 bits per heavy atom. The third kappa shape index (κ3) is 3.67. The van der Waals surface area contributed by atoms with Crippen LogP contribution in [0.3, 0.4) is 0 Å². The molecule has 1 saturated heterocycles. The molecule has 0 spiro atoms. The third-order valence-corrected chi connectivity index (χ3v) is 4.77. The number of carbonyl (C=O) groups excluding carboxylic acids is 1. The van der Waals surface area contributed by atoms with Crippen molar-refractivity contribution in [2.75, 3.05) is 13.1 Å². The molecule has 5 nitrogen and oxygen atoms in total. The van der Waals surface area contributed by atoms with Gasteiger partial charge in [-0.2, -0.15) is 0 Å². The van der Waals surface area contributed by atoms with Gasteiger partial charge >= 0.3 is 0 Å². The molecule has 5 heteroatoms. The van der Waals surface area contributed by atoms with Crippen molar-refractivity contribution in [1.29, 1.82) is 0 Å². The maximum Gasteiger partial charge on any atom is 0.248 e. The Balaban J connectivity index is 1.67. The monoisotopic (exact) mass is 326 g/mol. The van der Waals surface area contributed by atoms with Crippen LogP contribution in [0.2, 0.25) is 0 Å². The number of nitrogens with zero attached hydrogens (tertiary/aromatic N) is 3. The zero-order valence-corrected chi connectivity index (χ0v) is 14.5. The minimum atomic E-state index is -0.375. The first kappa shape index (κ1) is 16.7. The van der Waals surface area contributed by atoms with Crippen LogP contribution >= 0.6 is 0 Å². The average molecular weight is 326 g/mol. The predicted octanol–water partition coefficient (Wildman–Crippen LogP) is 2.94. The van der Waals surface area contributed by atoms with Crippen LogP contribution in [0.1, 0.15) is 60.4 Å². The lowest BCUT2D eigenvalue weighted by Gasteiger charge is -2.33. The van der Waals surface area contributed by atoms with Gasteiger partial charge in [0.2, 0.25) is 5.91 Å². The maximum absolute atomic E-state index is 11.2. The highest BCUT2D eigenvalue weighted by atomic mass is 16.1. The van der Waals surface area contributed by atoms with E-state index in [4.69, 9.17) is 5.73 Å². The summed E-state index contributed by atoms with van der Waals surface area (Å²) in [6.07, 6.45) is 6.38. The second kappa shape index (κ2) is 7.18. The van der Waals surface area contributed by atoms with E-state index in [0.29, 0.717) is 17.5 Å². The number of nitrogens with two attached hydrogens (primary N) is 1. The highest BCUT2D eigenvalue weighted by Crippen LogP contribution is 2.28. The number of carbonyl (C=O) groups is 1. The van der Waals surface area contributed by atoms with E-state index in [2.05, 4.69) is 34.5 Å². The molecule has 24 heavy (non-hydrogen) atoms. The number of benzene rings is 1. The summed E-state index contributed by atoms with van der Waals surface area (Å²) in [5.41, 5.74) is 7.08. The van der Waals surface area contributed by atoms with Gasteiger partial charge in [0, 0.05) is 43.0 Å². The first-order valence-corrected chi connectivity index (χ1v) is 8.68. The van der Waals surface area contributed by atoms with E-state index in [-0.39, 0.29) is 5.91 Å². The zero-order valence-electron chi connectivity index (χ0n) is 14.5. The van der Waals surface area contributed by atoms with E-state index < -0.39 is 0 Å². The van der Waals surface area contributed by atoms with Crippen LogP contribution < -0.4 is 5.73 Å². The van der Waals surface area contributed by atoms with E-state index in [1.807, 2.05) is 30.5 Å². The van der Waals surface area contributed by atoms with Crippen LogP contribution in [0.25, 0.3) is 0 Å². The normalized spacial score (nSPS) is 18.9. The smallest absolute Gasteiger partial charge is 0.248 e. The largest absolute Gasteiger partial charge is 0.366 e. The molecule has 1 aliphatic heterocycles. The second-order valence-corrected chi connectivity index (χ2v) is 6.92. The fraction of sp³-hybridized carbons (Fsp3) is 0.474. The fourth-order valence-corrected chi connectivity index (χ4v) is 3.52. The molecule has 1 aromatic heterocycles. The molecule has 1 amide bonds. The molecule has 2 heterocycles. The Labute approximate surface area is 143 Å². The van der Waals surface area contributed by atoms with E-state index in [9.17, 15) is 4.79 Å². The number of hydrogen-bond acceptors (Lipinski definition) is 3. The molecule has 128 valence electrons. The van der Waals surface area contributed by atoms with E-state index >= 15 is 0 Å². The summed E-state index contributed by atoms with van der Waals surface area (Å²) in [6, 6.07) is 8.06. The van der Waals surface area contributed by atoms with Gasteiger partial charge in [0.25, 0.3) is 0 Å². The summed E-state index contributed by atoms with van der Waals surface area (Å²) in [6.45, 7) is 7.44. The van der Waals surface area contributed by atoms with Crippen molar-refractivity contribution in [3.05, 3.63) is 53.6 Å². The summed E-state index contributed by atoms with van der Waals surface area (Å²) in [4.78, 5) is 18.3. The lowest BCUT2D eigenvalue weighted by atomic mass is 9.96. The molecule has 0 saturated carbocycles. The molecule has 1 fully saturated rings. The fourth-order valence-electron chi connectivity index (χ4n) is 3.52. The number of rotatable bonds is 5. The number of aromatic nitrogens is 2. The van der Waals surface area contributed by atoms with Crippen LogP contribution in [-0.4, -0.2) is 33.4 Å². The zero-order chi connectivity index (χ0) is 17.1. The number of imidazole rings is 1. The molecule has 0 aliphatic carbocycles. The molecular formula is C19H26N4O. The minimum Gasteiger partial charge on any atom is -0.366 e. The van der Waals surface area contributed by atoms with Gasteiger partial charge in [-0.25, -0.2) is 4.98 Å². The quantitative estimate of drug-likeness (QED) is 0.919. The van der Waals surface area contributed by atoms with Crippen LogP contribution in [-0.2, 0) is 6.54 Å². The van der Waals surface area contributed by atoms with Gasteiger partial charge in [-0.1, -0.05) is 12.1 Å². The van der Waals surface area contributed by atoms with Crippen molar-refractivity contribution in [1.82, 2.24) is 14.5 Å². The Bertz CT molecular complexity index is 690. The Morgan fingerprint density at radius 1 is 1.33 bits per heavy atom. The maximum atomic E-state index is 11.2. The van der Waals surface area contributed by atoms with Crippen molar-refractivity contribution in [3.8, 4) is 0 Å². The molecule has 0 bridgehead atoms. The van der Waals surface area contributed by atoms with Gasteiger partial charge in [0.15, 0.2) is 0 Å². The van der Waals surface area contributed by atoms with Crippen LogP contribution in [0.5, 0.6) is 0 Å². The summed E-state index contributed by atoms with van der Waals surface area (Å²) < 4.78 is 2.29. The molecule has 2 aromatic rings. The molecule has 1 atom stereocenters. The number of hydrogen-bond donors (Lipinski definition) is 1. The van der Waals surface area contributed by atoms with Gasteiger partial charge in [-0.05, 0) is 50.9 Å². The molecule has 3 rings (SSSR count). The van der Waals surface area contributed by atoms with Gasteiger partial charge in [0.1, 0.15) is 5.82 Å².